The second kappa shape index (κ2) is 11.2. The summed E-state index contributed by atoms with van der Waals surface area (Å²) < 4.78 is 0. The number of hydrogen-bond donors (Lipinski definition) is 1. The maximum Gasteiger partial charge on any atom is 0.242 e. The Balaban J connectivity index is 1.80. The van der Waals surface area contributed by atoms with Crippen LogP contribution in [0.4, 0.5) is 0 Å². The molecular weight excluding hydrogens is 443 g/mol. The first-order valence-corrected chi connectivity index (χ1v) is 12.1. The van der Waals surface area contributed by atoms with E-state index in [0.717, 1.165) is 42.4 Å². The summed E-state index contributed by atoms with van der Waals surface area (Å²) in [6.07, 6.45) is 5.71. The Bertz CT molecular complexity index is 970. The molecule has 1 atom stereocenters. The van der Waals surface area contributed by atoms with Gasteiger partial charge in [-0.3, -0.25) is 9.59 Å². The van der Waals surface area contributed by atoms with E-state index in [1.165, 1.54) is 12.0 Å². The SMILES string of the molecule is Cc1ccc(CC(=O)N(Cc2ccc(Cl)cc2Cl)C(C)C(=O)NC2CCCCC2)cc1C. The van der Waals surface area contributed by atoms with Gasteiger partial charge in [0.25, 0.3) is 0 Å². The molecule has 1 saturated carbocycles. The third-order valence-corrected chi connectivity index (χ3v) is 6.99. The van der Waals surface area contributed by atoms with Gasteiger partial charge >= 0.3 is 0 Å². The van der Waals surface area contributed by atoms with Crippen molar-refractivity contribution in [3.05, 3.63) is 68.7 Å². The van der Waals surface area contributed by atoms with Crippen LogP contribution < -0.4 is 5.32 Å². The fourth-order valence-corrected chi connectivity index (χ4v) is 4.64. The van der Waals surface area contributed by atoms with Crippen molar-refractivity contribution < 1.29 is 9.59 Å². The molecule has 1 N–H and O–H groups in total. The molecule has 0 heterocycles. The molecule has 1 aliphatic carbocycles. The van der Waals surface area contributed by atoms with Gasteiger partial charge in [0.1, 0.15) is 6.04 Å². The molecular formula is C26H32Cl2N2O2. The zero-order valence-electron chi connectivity index (χ0n) is 19.1. The quantitative estimate of drug-likeness (QED) is 0.533. The highest BCUT2D eigenvalue weighted by molar-refractivity contribution is 6.35. The van der Waals surface area contributed by atoms with E-state index in [2.05, 4.69) is 5.32 Å². The first kappa shape index (κ1) is 24.6. The minimum Gasteiger partial charge on any atom is -0.352 e. The topological polar surface area (TPSA) is 49.4 Å². The van der Waals surface area contributed by atoms with Crippen molar-refractivity contribution in [2.45, 2.75) is 77.9 Å². The van der Waals surface area contributed by atoms with Crippen LogP contribution in [0.2, 0.25) is 10.0 Å². The molecule has 1 unspecified atom stereocenters. The molecule has 3 rings (SSSR count). The molecule has 0 saturated heterocycles. The van der Waals surface area contributed by atoms with Crippen LogP contribution in [0.15, 0.2) is 36.4 Å². The van der Waals surface area contributed by atoms with Gasteiger partial charge in [-0.05, 0) is 68.0 Å². The van der Waals surface area contributed by atoms with Crippen LogP contribution >= 0.6 is 23.2 Å². The number of rotatable bonds is 7. The lowest BCUT2D eigenvalue weighted by atomic mass is 9.95. The van der Waals surface area contributed by atoms with Crippen LogP contribution in [0.5, 0.6) is 0 Å². The lowest BCUT2D eigenvalue weighted by Gasteiger charge is -2.31. The van der Waals surface area contributed by atoms with Crippen LogP contribution in [0.25, 0.3) is 0 Å². The van der Waals surface area contributed by atoms with Gasteiger partial charge in [-0.15, -0.1) is 0 Å². The van der Waals surface area contributed by atoms with Crippen LogP contribution in [0.1, 0.15) is 61.3 Å². The van der Waals surface area contributed by atoms with Gasteiger partial charge < -0.3 is 10.2 Å². The average Bonchev–Trinajstić information content (AvgIpc) is 2.76. The van der Waals surface area contributed by atoms with Gasteiger partial charge in [-0.25, -0.2) is 0 Å². The zero-order valence-corrected chi connectivity index (χ0v) is 20.6. The number of carbonyl (C=O) groups excluding carboxylic acids is 2. The van der Waals surface area contributed by atoms with Crippen molar-refractivity contribution in [2.24, 2.45) is 0 Å². The van der Waals surface area contributed by atoms with E-state index in [1.54, 1.807) is 24.0 Å². The van der Waals surface area contributed by atoms with Crippen molar-refractivity contribution in [1.29, 1.82) is 0 Å². The lowest BCUT2D eigenvalue weighted by molar-refractivity contribution is -0.140. The summed E-state index contributed by atoms with van der Waals surface area (Å²) in [5.74, 6) is -0.221. The second-order valence-electron chi connectivity index (χ2n) is 8.87. The Morgan fingerprint density at radius 2 is 1.75 bits per heavy atom. The van der Waals surface area contributed by atoms with E-state index in [4.69, 9.17) is 23.2 Å². The molecule has 0 aliphatic heterocycles. The number of hydrogen-bond acceptors (Lipinski definition) is 2. The van der Waals surface area contributed by atoms with Crippen molar-refractivity contribution in [3.8, 4) is 0 Å². The predicted octanol–water partition coefficient (Wildman–Crippen LogP) is 6.02. The van der Waals surface area contributed by atoms with E-state index in [9.17, 15) is 9.59 Å². The maximum atomic E-state index is 13.4. The van der Waals surface area contributed by atoms with Gasteiger partial charge in [-0.2, -0.15) is 0 Å². The number of aryl methyl sites for hydroxylation is 2. The molecule has 4 nitrogen and oxygen atoms in total. The molecule has 2 aromatic carbocycles. The van der Waals surface area contributed by atoms with E-state index in [1.807, 2.05) is 38.1 Å². The largest absolute Gasteiger partial charge is 0.352 e. The van der Waals surface area contributed by atoms with Gasteiger partial charge in [0.2, 0.25) is 11.8 Å². The Hall–Kier alpha value is -2.04. The van der Waals surface area contributed by atoms with Crippen LogP contribution in [0, 0.1) is 13.8 Å². The fourth-order valence-electron chi connectivity index (χ4n) is 4.17. The van der Waals surface area contributed by atoms with Crippen molar-refractivity contribution in [2.75, 3.05) is 0 Å². The summed E-state index contributed by atoms with van der Waals surface area (Å²) in [5, 5.41) is 4.18. The van der Waals surface area contributed by atoms with E-state index in [-0.39, 0.29) is 30.8 Å². The summed E-state index contributed by atoms with van der Waals surface area (Å²) >= 11 is 12.4. The second-order valence-corrected chi connectivity index (χ2v) is 9.72. The normalized spacial score (nSPS) is 15.3. The average molecular weight is 475 g/mol. The van der Waals surface area contributed by atoms with E-state index >= 15 is 0 Å². The summed E-state index contributed by atoms with van der Waals surface area (Å²) in [4.78, 5) is 28.1. The molecule has 172 valence electrons. The highest BCUT2D eigenvalue weighted by atomic mass is 35.5. The molecule has 6 heteroatoms. The maximum absolute atomic E-state index is 13.4. The third kappa shape index (κ3) is 6.49. The Morgan fingerprint density at radius 3 is 2.41 bits per heavy atom. The Morgan fingerprint density at radius 1 is 1.03 bits per heavy atom. The van der Waals surface area contributed by atoms with Crippen LogP contribution in [0.3, 0.4) is 0 Å². The first-order chi connectivity index (χ1) is 15.2. The van der Waals surface area contributed by atoms with Gasteiger partial charge in [0, 0.05) is 22.6 Å². The van der Waals surface area contributed by atoms with E-state index < -0.39 is 6.04 Å². The standard InChI is InChI=1S/C26H32Cl2N2O2/c1-17-9-10-20(13-18(17)2)14-25(31)30(16-21-11-12-22(27)15-24(21)28)19(3)26(32)29-23-7-5-4-6-8-23/h9-13,15,19,23H,4-8,14,16H2,1-3H3,(H,29,32). The molecule has 32 heavy (non-hydrogen) atoms. The van der Waals surface area contributed by atoms with Gasteiger partial charge in [-0.1, -0.05) is 66.7 Å². The number of nitrogens with zero attached hydrogens (tertiary/aromatic N) is 1. The zero-order chi connectivity index (χ0) is 23.3. The van der Waals surface area contributed by atoms with Crippen molar-refractivity contribution in [1.82, 2.24) is 10.2 Å². The first-order valence-electron chi connectivity index (χ1n) is 11.3. The van der Waals surface area contributed by atoms with Gasteiger partial charge in [0.15, 0.2) is 0 Å². The van der Waals surface area contributed by atoms with Crippen LogP contribution in [-0.2, 0) is 22.6 Å². The molecule has 0 radical (unpaired) electrons. The molecule has 1 fully saturated rings. The summed E-state index contributed by atoms with van der Waals surface area (Å²) in [5.41, 5.74) is 4.03. The molecule has 0 aromatic heterocycles. The minimum absolute atomic E-state index is 0.106. The molecule has 0 bridgehead atoms. The minimum atomic E-state index is -0.609. The van der Waals surface area contributed by atoms with Gasteiger partial charge in [0.05, 0.1) is 6.42 Å². The smallest absolute Gasteiger partial charge is 0.242 e. The molecule has 1 aliphatic rings. The Kier molecular flexibility index (Phi) is 8.61. The number of carbonyl (C=O) groups is 2. The number of nitrogens with one attached hydrogen (secondary N) is 1. The highest BCUT2D eigenvalue weighted by Crippen LogP contribution is 2.24. The molecule has 2 amide bonds. The van der Waals surface area contributed by atoms with E-state index in [0.29, 0.717) is 10.0 Å². The summed E-state index contributed by atoms with van der Waals surface area (Å²) in [7, 11) is 0. The molecule has 2 aromatic rings. The third-order valence-electron chi connectivity index (χ3n) is 6.40. The molecule has 0 spiro atoms. The number of halogens is 2. The summed E-state index contributed by atoms with van der Waals surface area (Å²) in [6.45, 7) is 6.13. The number of benzene rings is 2. The predicted molar refractivity (Wildman–Crippen MR) is 131 cm³/mol. The van der Waals surface area contributed by atoms with Crippen LogP contribution in [-0.4, -0.2) is 28.8 Å². The van der Waals surface area contributed by atoms with Crippen molar-refractivity contribution in [3.63, 3.8) is 0 Å². The fraction of sp³-hybridized carbons (Fsp3) is 0.462. The monoisotopic (exact) mass is 474 g/mol. The Labute approximate surface area is 201 Å². The van der Waals surface area contributed by atoms with Crippen molar-refractivity contribution >= 4 is 35.0 Å². The highest BCUT2D eigenvalue weighted by Gasteiger charge is 2.28. The number of amides is 2. The summed E-state index contributed by atoms with van der Waals surface area (Å²) in [6, 6.07) is 10.8. The lowest BCUT2D eigenvalue weighted by Crippen LogP contribution is -2.50.